The van der Waals surface area contributed by atoms with Crippen LogP contribution in [-0.2, 0) is 5.41 Å². The molecule has 1 heterocycles. The number of nitrogens with zero attached hydrogens (tertiary/aromatic N) is 1. The maximum atomic E-state index is 2.60. The Balaban J connectivity index is 1.28. The van der Waals surface area contributed by atoms with Crippen LogP contribution in [0, 0.1) is 0 Å². The Bertz CT molecular complexity index is 3110. The van der Waals surface area contributed by atoms with Crippen molar-refractivity contribution >= 4 is 80.9 Å². The van der Waals surface area contributed by atoms with Crippen LogP contribution in [0.3, 0.4) is 0 Å². The van der Waals surface area contributed by atoms with E-state index in [2.05, 4.69) is 195 Å². The van der Waals surface area contributed by atoms with Crippen molar-refractivity contribution in [3.63, 3.8) is 0 Å². The van der Waals surface area contributed by atoms with Crippen molar-refractivity contribution in [2.45, 2.75) is 19.3 Å². The van der Waals surface area contributed by atoms with Gasteiger partial charge < -0.3 is 4.90 Å². The molecule has 1 aliphatic carbocycles. The summed E-state index contributed by atoms with van der Waals surface area (Å²) in [6.45, 7) is 4.83. The molecule has 0 saturated heterocycles. The predicted octanol–water partition coefficient (Wildman–Crippen LogP) is 15.0. The van der Waals surface area contributed by atoms with Gasteiger partial charge in [-0.1, -0.05) is 141 Å². The van der Waals surface area contributed by atoms with Crippen molar-refractivity contribution in [2.75, 3.05) is 4.90 Å². The third-order valence-electron chi connectivity index (χ3n) is 11.6. The summed E-state index contributed by atoms with van der Waals surface area (Å²) in [6, 6.07) is 65.5. The molecule has 0 radical (unpaired) electrons. The zero-order valence-corrected chi connectivity index (χ0v) is 30.4. The topological polar surface area (TPSA) is 3.24 Å². The SMILES string of the molecule is CC1(C)c2cc3ccccc3cc2-c2cccc(N(c3ccc4ccccc4c3-c3ccc4ccccc4c3)c3cccc4sc5ccccc5c34)c21. The number of hydrogen-bond donors (Lipinski definition) is 0. The van der Waals surface area contributed by atoms with Crippen molar-refractivity contribution in [3.05, 3.63) is 187 Å². The van der Waals surface area contributed by atoms with E-state index in [9.17, 15) is 0 Å². The molecule has 0 bridgehead atoms. The van der Waals surface area contributed by atoms with Crippen LogP contribution in [0.2, 0.25) is 0 Å². The van der Waals surface area contributed by atoms with E-state index in [1.165, 1.54) is 103 Å². The highest BCUT2D eigenvalue weighted by Gasteiger charge is 2.40. The van der Waals surface area contributed by atoms with E-state index in [0.717, 1.165) is 0 Å². The summed E-state index contributed by atoms with van der Waals surface area (Å²) >= 11 is 1.88. The van der Waals surface area contributed by atoms with Gasteiger partial charge in [0.15, 0.2) is 0 Å². The molecule has 9 aromatic carbocycles. The van der Waals surface area contributed by atoms with Gasteiger partial charge in [0, 0.05) is 31.2 Å². The van der Waals surface area contributed by atoms with Crippen LogP contribution in [0.5, 0.6) is 0 Å². The van der Waals surface area contributed by atoms with Crippen LogP contribution in [0.1, 0.15) is 25.0 Å². The summed E-state index contributed by atoms with van der Waals surface area (Å²) < 4.78 is 2.60. The summed E-state index contributed by atoms with van der Waals surface area (Å²) in [5, 5.41) is 10.1. The van der Waals surface area contributed by atoms with Crippen LogP contribution < -0.4 is 4.90 Å². The van der Waals surface area contributed by atoms with Gasteiger partial charge in [-0.3, -0.25) is 0 Å². The summed E-state index contributed by atoms with van der Waals surface area (Å²) in [5.41, 5.74) is 11.2. The molecule has 1 aromatic heterocycles. The Hall–Kier alpha value is -6.22. The van der Waals surface area contributed by atoms with Crippen molar-refractivity contribution in [1.29, 1.82) is 0 Å². The third kappa shape index (κ3) is 4.49. The first-order valence-corrected chi connectivity index (χ1v) is 19.2. The lowest BCUT2D eigenvalue weighted by Crippen LogP contribution is -2.21. The molecule has 0 amide bonds. The lowest BCUT2D eigenvalue weighted by Gasteiger charge is -2.34. The Labute approximate surface area is 313 Å². The van der Waals surface area contributed by atoms with Gasteiger partial charge in [0.2, 0.25) is 0 Å². The van der Waals surface area contributed by atoms with E-state index < -0.39 is 0 Å². The highest BCUT2D eigenvalue weighted by Crippen LogP contribution is 2.57. The molecule has 0 N–H and O–H groups in total. The summed E-state index contributed by atoms with van der Waals surface area (Å²) in [5.74, 6) is 0. The van der Waals surface area contributed by atoms with Crippen molar-refractivity contribution in [2.24, 2.45) is 0 Å². The number of rotatable bonds is 4. The molecule has 53 heavy (non-hydrogen) atoms. The summed E-state index contributed by atoms with van der Waals surface area (Å²) in [6.07, 6.45) is 0. The van der Waals surface area contributed by atoms with Gasteiger partial charge in [0.05, 0.1) is 17.1 Å². The molecule has 0 fully saturated rings. The van der Waals surface area contributed by atoms with Gasteiger partial charge in [-0.15, -0.1) is 11.3 Å². The Kier molecular flexibility index (Phi) is 6.53. The van der Waals surface area contributed by atoms with Crippen molar-refractivity contribution < 1.29 is 0 Å². The van der Waals surface area contributed by atoms with E-state index in [4.69, 9.17) is 0 Å². The Morgan fingerprint density at radius 3 is 1.89 bits per heavy atom. The van der Waals surface area contributed by atoms with E-state index in [-0.39, 0.29) is 5.41 Å². The van der Waals surface area contributed by atoms with E-state index >= 15 is 0 Å². The molecule has 0 spiro atoms. The normalized spacial score (nSPS) is 13.2. The zero-order chi connectivity index (χ0) is 35.3. The molecule has 1 aliphatic rings. The molecule has 0 unspecified atom stereocenters. The minimum absolute atomic E-state index is 0.242. The zero-order valence-electron chi connectivity index (χ0n) is 29.6. The molecule has 10 aromatic rings. The molecule has 1 nitrogen and oxygen atoms in total. The first-order valence-electron chi connectivity index (χ1n) is 18.4. The Morgan fingerprint density at radius 1 is 0.434 bits per heavy atom. The van der Waals surface area contributed by atoms with Gasteiger partial charge in [0.1, 0.15) is 0 Å². The molecule has 250 valence electrons. The third-order valence-corrected chi connectivity index (χ3v) is 12.7. The van der Waals surface area contributed by atoms with Crippen LogP contribution in [0.4, 0.5) is 17.1 Å². The second kappa shape index (κ2) is 11.4. The smallest absolute Gasteiger partial charge is 0.0555 e. The highest BCUT2D eigenvalue weighted by atomic mass is 32.1. The standard InChI is InChI=1S/C51H35NS/c1-51(2)42-31-36-17-6-5-16-35(36)30-41(42)39-20-11-22-45(50(39)51)52(43-21-12-24-47-49(43)40-19-9-10-23-46(40)53-47)44-28-27-33-14-7-8-18-38(33)48(44)37-26-25-32-13-3-4-15-34(32)29-37/h3-31H,1-2H3. The molecule has 0 aliphatic heterocycles. The number of hydrogen-bond acceptors (Lipinski definition) is 2. The average molecular weight is 694 g/mol. The molecule has 11 rings (SSSR count). The van der Waals surface area contributed by atoms with Gasteiger partial charge in [-0.05, 0) is 109 Å². The fourth-order valence-corrected chi connectivity index (χ4v) is 10.3. The molecular weight excluding hydrogens is 659 g/mol. The quantitative estimate of drug-likeness (QED) is 0.177. The minimum Gasteiger partial charge on any atom is -0.309 e. The lowest BCUT2D eigenvalue weighted by molar-refractivity contribution is 0.661. The minimum atomic E-state index is -0.242. The second-order valence-electron chi connectivity index (χ2n) is 14.9. The predicted molar refractivity (Wildman–Crippen MR) is 230 cm³/mol. The summed E-state index contributed by atoms with van der Waals surface area (Å²) in [7, 11) is 0. The number of benzene rings is 9. The molecule has 2 heteroatoms. The second-order valence-corrected chi connectivity index (χ2v) is 16.0. The van der Waals surface area contributed by atoms with Crippen molar-refractivity contribution in [3.8, 4) is 22.3 Å². The molecular formula is C51H35NS. The Morgan fingerprint density at radius 2 is 1.06 bits per heavy atom. The lowest BCUT2D eigenvalue weighted by atomic mass is 9.80. The van der Waals surface area contributed by atoms with Crippen LogP contribution in [0.15, 0.2) is 176 Å². The number of anilines is 3. The van der Waals surface area contributed by atoms with E-state index in [1.54, 1.807) is 0 Å². The van der Waals surface area contributed by atoms with Gasteiger partial charge in [-0.2, -0.15) is 0 Å². The average Bonchev–Trinajstić information content (AvgIpc) is 3.69. The van der Waals surface area contributed by atoms with Gasteiger partial charge >= 0.3 is 0 Å². The maximum absolute atomic E-state index is 2.60. The van der Waals surface area contributed by atoms with Gasteiger partial charge in [-0.25, -0.2) is 0 Å². The fourth-order valence-electron chi connectivity index (χ4n) is 9.15. The van der Waals surface area contributed by atoms with Crippen LogP contribution >= 0.6 is 11.3 Å². The molecule has 0 atom stereocenters. The summed E-state index contributed by atoms with van der Waals surface area (Å²) in [4.78, 5) is 2.60. The monoisotopic (exact) mass is 693 g/mol. The fraction of sp³-hybridized carbons (Fsp3) is 0.0588. The van der Waals surface area contributed by atoms with Gasteiger partial charge in [0.25, 0.3) is 0 Å². The maximum Gasteiger partial charge on any atom is 0.0555 e. The van der Waals surface area contributed by atoms with Crippen LogP contribution in [-0.4, -0.2) is 0 Å². The van der Waals surface area contributed by atoms with E-state index in [1.807, 2.05) is 11.3 Å². The first kappa shape index (κ1) is 30.4. The number of thiophene rings is 1. The van der Waals surface area contributed by atoms with Crippen molar-refractivity contribution in [1.82, 2.24) is 0 Å². The highest BCUT2D eigenvalue weighted by molar-refractivity contribution is 7.26. The number of fused-ring (bicyclic) bond motifs is 9. The first-order chi connectivity index (χ1) is 26.0. The largest absolute Gasteiger partial charge is 0.309 e. The van der Waals surface area contributed by atoms with E-state index in [0.29, 0.717) is 0 Å². The molecule has 0 saturated carbocycles. The van der Waals surface area contributed by atoms with Crippen LogP contribution in [0.25, 0.3) is 74.7 Å².